The molecule has 0 aromatic heterocycles. The number of Topliss-reactive ketones (excluding diaryl/α,β-unsaturated/α-hetero) is 1. The normalized spacial score (nSPS) is 47.9. The van der Waals surface area contributed by atoms with Crippen molar-refractivity contribution < 1.29 is 25.2 Å². The molecule has 4 fully saturated rings. The molecule has 0 unspecified atom stereocenters. The Bertz CT molecular complexity index is 778. The quantitative estimate of drug-likeness (QED) is 0.467. The van der Waals surface area contributed by atoms with E-state index in [1.807, 2.05) is 13.8 Å². The van der Waals surface area contributed by atoms with E-state index in [4.69, 9.17) is 0 Å². The Kier molecular flexibility index (Phi) is 6.70. The second kappa shape index (κ2) is 8.72. The van der Waals surface area contributed by atoms with Gasteiger partial charge in [0.1, 0.15) is 11.9 Å². The summed E-state index contributed by atoms with van der Waals surface area (Å²) in [6.45, 7) is 14.6. The Morgan fingerprint density at radius 1 is 1.00 bits per heavy atom. The number of fused-ring (bicyclic) bond motifs is 5. The van der Waals surface area contributed by atoms with Crippen molar-refractivity contribution in [1.29, 1.82) is 0 Å². The van der Waals surface area contributed by atoms with E-state index in [0.717, 1.165) is 25.7 Å². The van der Waals surface area contributed by atoms with Gasteiger partial charge in [0.25, 0.3) is 0 Å². The van der Waals surface area contributed by atoms with Crippen molar-refractivity contribution in [1.82, 2.24) is 0 Å². The van der Waals surface area contributed by atoms with Gasteiger partial charge in [-0.3, -0.25) is 4.79 Å². The molecule has 0 radical (unpaired) electrons. The maximum atomic E-state index is 13.3. The van der Waals surface area contributed by atoms with Crippen LogP contribution < -0.4 is 0 Å². The van der Waals surface area contributed by atoms with Crippen LogP contribution in [0.5, 0.6) is 0 Å². The molecule has 0 amide bonds. The number of aliphatic hydroxyl groups is 4. The lowest BCUT2D eigenvalue weighted by Crippen LogP contribution is -2.59. The van der Waals surface area contributed by atoms with E-state index >= 15 is 0 Å². The molecule has 0 spiro atoms. The van der Waals surface area contributed by atoms with Gasteiger partial charge in [-0.25, -0.2) is 0 Å². The molecule has 0 saturated heterocycles. The molecular weight excluding hydrogens is 416 g/mol. The SMILES string of the molecule is C=C(C(C)C)[C@@H](O)[C@H](O)[C@@H](C)[C@H]1CC[C@H]2[C@@H]3CC(=O)[C@H]4C[C@H](O)[C@H](O)C[C@]4(C)[C@H]3CC[C@]12C. The fourth-order valence-electron chi connectivity index (χ4n) is 9.06. The number of aliphatic hydroxyl groups excluding tert-OH is 4. The van der Waals surface area contributed by atoms with E-state index in [0.29, 0.717) is 48.5 Å². The summed E-state index contributed by atoms with van der Waals surface area (Å²) in [5, 5.41) is 42.6. The first-order valence-electron chi connectivity index (χ1n) is 13.3. The molecule has 12 atom stereocenters. The van der Waals surface area contributed by atoms with E-state index < -0.39 is 24.4 Å². The van der Waals surface area contributed by atoms with Crippen LogP contribution in [0.4, 0.5) is 0 Å². The zero-order valence-electron chi connectivity index (χ0n) is 21.2. The standard InChI is InChI=1S/C28H46O5/c1-14(2)15(3)25(32)26(33)16(4)18-7-8-19-17-11-22(29)21-12-23(30)24(31)13-28(21,6)20(17)9-10-27(18,19)5/h14,16-21,23-26,30-33H,3,7-13H2,1-2,4-6H3/t16-,17-,18+,19-,20-,21+,23-,24+,25+,26+,27+,28+/m0/s1. The molecule has 4 aliphatic rings. The molecule has 4 saturated carbocycles. The lowest BCUT2D eigenvalue weighted by atomic mass is 9.44. The third-order valence-corrected chi connectivity index (χ3v) is 11.2. The number of carbonyl (C=O) groups excluding carboxylic acids is 1. The highest BCUT2D eigenvalue weighted by Crippen LogP contribution is 2.67. The molecule has 0 heterocycles. The number of carbonyl (C=O) groups is 1. The van der Waals surface area contributed by atoms with Crippen LogP contribution in [0.3, 0.4) is 0 Å². The van der Waals surface area contributed by atoms with Gasteiger partial charge >= 0.3 is 0 Å². The first kappa shape index (κ1) is 25.3. The minimum Gasteiger partial charge on any atom is -0.390 e. The van der Waals surface area contributed by atoms with Crippen LogP contribution in [0.15, 0.2) is 12.2 Å². The average molecular weight is 463 g/mol. The Morgan fingerprint density at radius 2 is 1.64 bits per heavy atom. The van der Waals surface area contributed by atoms with E-state index in [1.54, 1.807) is 0 Å². The van der Waals surface area contributed by atoms with E-state index in [1.165, 1.54) is 0 Å². The van der Waals surface area contributed by atoms with Crippen LogP contribution in [0.2, 0.25) is 0 Å². The second-order valence-corrected chi connectivity index (χ2v) is 12.9. The van der Waals surface area contributed by atoms with Crippen molar-refractivity contribution in [3.8, 4) is 0 Å². The van der Waals surface area contributed by atoms with E-state index in [-0.39, 0.29) is 34.4 Å². The van der Waals surface area contributed by atoms with Crippen molar-refractivity contribution in [2.45, 2.75) is 104 Å². The first-order chi connectivity index (χ1) is 15.3. The van der Waals surface area contributed by atoms with Gasteiger partial charge in [-0.15, -0.1) is 0 Å². The molecule has 0 bridgehead atoms. The molecule has 0 aromatic carbocycles. The van der Waals surface area contributed by atoms with Gasteiger partial charge in [-0.05, 0) is 90.4 Å². The summed E-state index contributed by atoms with van der Waals surface area (Å²) in [6.07, 6.45) is 2.37. The summed E-state index contributed by atoms with van der Waals surface area (Å²) < 4.78 is 0. The third-order valence-electron chi connectivity index (χ3n) is 11.2. The van der Waals surface area contributed by atoms with Crippen LogP contribution in [-0.2, 0) is 4.79 Å². The first-order valence-corrected chi connectivity index (χ1v) is 13.3. The molecule has 4 aliphatic carbocycles. The van der Waals surface area contributed by atoms with Crippen LogP contribution in [0, 0.1) is 52.3 Å². The monoisotopic (exact) mass is 462 g/mol. The van der Waals surface area contributed by atoms with Crippen LogP contribution in [0.1, 0.15) is 79.6 Å². The number of hydrogen-bond acceptors (Lipinski definition) is 5. The lowest BCUT2D eigenvalue weighted by Gasteiger charge is -2.61. The van der Waals surface area contributed by atoms with Crippen molar-refractivity contribution in [2.24, 2.45) is 52.3 Å². The fourth-order valence-corrected chi connectivity index (χ4v) is 9.06. The Hall–Kier alpha value is -0.750. The fraction of sp³-hybridized carbons (Fsp3) is 0.893. The Morgan fingerprint density at radius 3 is 2.27 bits per heavy atom. The molecule has 5 heteroatoms. The topological polar surface area (TPSA) is 98.0 Å². The van der Waals surface area contributed by atoms with Gasteiger partial charge in [0.15, 0.2) is 0 Å². The van der Waals surface area contributed by atoms with Crippen molar-refractivity contribution >= 4 is 5.78 Å². The predicted molar refractivity (Wildman–Crippen MR) is 128 cm³/mol. The van der Waals surface area contributed by atoms with Crippen LogP contribution in [0.25, 0.3) is 0 Å². The van der Waals surface area contributed by atoms with Gasteiger partial charge in [-0.1, -0.05) is 41.2 Å². The maximum Gasteiger partial charge on any atom is 0.136 e. The van der Waals surface area contributed by atoms with E-state index in [9.17, 15) is 25.2 Å². The highest BCUT2D eigenvalue weighted by molar-refractivity contribution is 5.83. The highest BCUT2D eigenvalue weighted by Gasteiger charge is 2.63. The van der Waals surface area contributed by atoms with Gasteiger partial charge < -0.3 is 20.4 Å². The predicted octanol–water partition coefficient (Wildman–Crippen LogP) is 3.73. The van der Waals surface area contributed by atoms with Crippen molar-refractivity contribution in [2.75, 3.05) is 0 Å². The highest BCUT2D eigenvalue weighted by atomic mass is 16.3. The minimum absolute atomic E-state index is 0.0384. The zero-order valence-corrected chi connectivity index (χ0v) is 21.2. The van der Waals surface area contributed by atoms with E-state index in [2.05, 4.69) is 27.4 Å². The molecule has 0 aromatic rings. The van der Waals surface area contributed by atoms with Gasteiger partial charge in [-0.2, -0.15) is 0 Å². The molecule has 33 heavy (non-hydrogen) atoms. The molecule has 5 nitrogen and oxygen atoms in total. The summed E-state index contributed by atoms with van der Waals surface area (Å²) in [7, 11) is 0. The van der Waals surface area contributed by atoms with Crippen molar-refractivity contribution in [3.63, 3.8) is 0 Å². The lowest BCUT2D eigenvalue weighted by molar-refractivity contribution is -0.174. The number of ketones is 1. The van der Waals surface area contributed by atoms with Gasteiger partial charge in [0.2, 0.25) is 0 Å². The molecule has 4 N–H and O–H groups in total. The smallest absolute Gasteiger partial charge is 0.136 e. The molecule has 188 valence electrons. The zero-order chi connectivity index (χ0) is 24.5. The number of rotatable bonds is 5. The third kappa shape index (κ3) is 3.86. The van der Waals surface area contributed by atoms with Gasteiger partial charge in [0, 0.05) is 12.3 Å². The average Bonchev–Trinajstić information content (AvgIpc) is 3.10. The van der Waals surface area contributed by atoms with Crippen LogP contribution >= 0.6 is 0 Å². The molecule has 4 rings (SSSR count). The summed E-state index contributed by atoms with van der Waals surface area (Å²) in [4.78, 5) is 13.3. The Balaban J connectivity index is 1.56. The maximum absolute atomic E-state index is 13.3. The second-order valence-electron chi connectivity index (χ2n) is 12.9. The summed E-state index contributed by atoms with van der Waals surface area (Å²) >= 11 is 0. The van der Waals surface area contributed by atoms with Crippen molar-refractivity contribution in [3.05, 3.63) is 12.2 Å². The number of hydrogen-bond donors (Lipinski definition) is 4. The molecule has 0 aliphatic heterocycles. The molecular formula is C28H46O5. The van der Waals surface area contributed by atoms with Gasteiger partial charge in [0.05, 0.1) is 18.3 Å². The summed E-state index contributed by atoms with van der Waals surface area (Å²) in [5.74, 6) is 1.63. The summed E-state index contributed by atoms with van der Waals surface area (Å²) in [5.41, 5.74) is 0.484. The minimum atomic E-state index is -0.912. The Labute approximate surface area is 199 Å². The largest absolute Gasteiger partial charge is 0.390 e. The summed E-state index contributed by atoms with van der Waals surface area (Å²) in [6, 6.07) is 0. The van der Waals surface area contributed by atoms with Crippen LogP contribution in [-0.4, -0.2) is 50.6 Å².